The minimum atomic E-state index is 0.549. The summed E-state index contributed by atoms with van der Waals surface area (Å²) in [6, 6.07) is 15.4. The van der Waals surface area contributed by atoms with Gasteiger partial charge in [0.15, 0.2) is 0 Å². The number of pyridine rings is 1. The van der Waals surface area contributed by atoms with Crippen LogP contribution in [0.15, 0.2) is 42.5 Å². The first-order valence-corrected chi connectivity index (χ1v) is 9.70. The third-order valence-corrected chi connectivity index (χ3v) is 5.26. The fourth-order valence-electron chi connectivity index (χ4n) is 3.98. The number of rotatable bonds is 4. The predicted octanol–water partition coefficient (Wildman–Crippen LogP) is 5.87. The lowest BCUT2D eigenvalue weighted by atomic mass is 9.95. The number of nitrogens with one attached hydrogen (secondary N) is 1. The van der Waals surface area contributed by atoms with Crippen molar-refractivity contribution in [3.63, 3.8) is 0 Å². The first kappa shape index (κ1) is 16.9. The maximum atomic E-state index is 4.93. The molecule has 3 heteroatoms. The van der Waals surface area contributed by atoms with E-state index in [1.807, 2.05) is 6.07 Å². The van der Waals surface area contributed by atoms with Crippen molar-refractivity contribution in [2.45, 2.75) is 52.0 Å². The zero-order valence-electron chi connectivity index (χ0n) is 15.7. The number of aryl methyl sites for hydroxylation is 2. The average Bonchev–Trinajstić information content (AvgIpc) is 2.99. The van der Waals surface area contributed by atoms with Gasteiger partial charge in [-0.1, -0.05) is 55.7 Å². The lowest BCUT2D eigenvalue weighted by molar-refractivity contribution is 0.461. The summed E-state index contributed by atoms with van der Waals surface area (Å²) in [7, 11) is 0. The fourth-order valence-corrected chi connectivity index (χ4v) is 3.98. The highest BCUT2D eigenvalue weighted by Gasteiger charge is 2.18. The quantitative estimate of drug-likeness (QED) is 0.641. The minimum absolute atomic E-state index is 0.549. The SMILES string of the molecule is Cc1cc(C)n2c(NC3CCCCC3)c(C=Cc3ccccc3)nc2c1. The van der Waals surface area contributed by atoms with Gasteiger partial charge in [0, 0.05) is 11.7 Å². The Balaban J connectivity index is 1.76. The molecule has 1 aliphatic rings. The Morgan fingerprint density at radius 3 is 2.54 bits per heavy atom. The van der Waals surface area contributed by atoms with Crippen LogP contribution in [0.3, 0.4) is 0 Å². The molecular formula is C23H27N3. The van der Waals surface area contributed by atoms with Crippen LogP contribution in [0.25, 0.3) is 17.8 Å². The fraction of sp³-hybridized carbons (Fsp3) is 0.348. The summed E-state index contributed by atoms with van der Waals surface area (Å²) < 4.78 is 2.27. The molecule has 4 rings (SSSR count). The van der Waals surface area contributed by atoms with Gasteiger partial charge in [0.25, 0.3) is 0 Å². The van der Waals surface area contributed by atoms with Gasteiger partial charge in [-0.05, 0) is 56.0 Å². The number of nitrogens with zero attached hydrogens (tertiary/aromatic N) is 2. The standard InChI is InChI=1S/C23H27N3/c1-17-15-18(2)26-22(16-17)25-21(14-13-19-9-5-3-6-10-19)23(26)24-20-11-7-4-8-12-20/h3,5-6,9-10,13-16,20,24H,4,7-8,11-12H2,1-2H3. The van der Waals surface area contributed by atoms with Gasteiger partial charge in [0.05, 0.1) is 0 Å². The molecule has 134 valence electrons. The van der Waals surface area contributed by atoms with E-state index in [0.717, 1.165) is 17.2 Å². The molecule has 0 amide bonds. The Hall–Kier alpha value is -2.55. The molecule has 0 atom stereocenters. The molecule has 1 fully saturated rings. The summed E-state index contributed by atoms with van der Waals surface area (Å²) in [5, 5.41) is 3.82. The van der Waals surface area contributed by atoms with Crippen LogP contribution >= 0.6 is 0 Å². The van der Waals surface area contributed by atoms with Gasteiger partial charge in [0.1, 0.15) is 17.2 Å². The van der Waals surface area contributed by atoms with Crippen molar-refractivity contribution < 1.29 is 0 Å². The lowest BCUT2D eigenvalue weighted by Crippen LogP contribution is -2.23. The van der Waals surface area contributed by atoms with E-state index in [9.17, 15) is 0 Å². The van der Waals surface area contributed by atoms with Gasteiger partial charge in [-0.25, -0.2) is 4.98 Å². The molecule has 1 N–H and O–H groups in total. The lowest BCUT2D eigenvalue weighted by Gasteiger charge is -2.24. The molecule has 1 aromatic carbocycles. The van der Waals surface area contributed by atoms with E-state index in [0.29, 0.717) is 6.04 Å². The maximum Gasteiger partial charge on any atom is 0.139 e. The van der Waals surface area contributed by atoms with Crippen LogP contribution in [0, 0.1) is 13.8 Å². The largest absolute Gasteiger partial charge is 0.367 e. The molecule has 0 unspecified atom stereocenters. The molecule has 0 spiro atoms. The Morgan fingerprint density at radius 1 is 1.00 bits per heavy atom. The van der Waals surface area contributed by atoms with Crippen molar-refractivity contribution in [1.82, 2.24) is 9.38 Å². The summed E-state index contributed by atoms with van der Waals surface area (Å²) in [5.41, 5.74) is 5.72. The van der Waals surface area contributed by atoms with E-state index < -0.39 is 0 Å². The van der Waals surface area contributed by atoms with E-state index in [-0.39, 0.29) is 0 Å². The summed E-state index contributed by atoms with van der Waals surface area (Å²) in [6.45, 7) is 4.30. The highest BCUT2D eigenvalue weighted by molar-refractivity contribution is 5.76. The number of hydrogen-bond acceptors (Lipinski definition) is 2. The second-order valence-corrected chi connectivity index (χ2v) is 7.44. The van der Waals surface area contributed by atoms with E-state index in [1.54, 1.807) is 0 Å². The second kappa shape index (κ2) is 7.36. The molecule has 2 heterocycles. The van der Waals surface area contributed by atoms with Crippen LogP contribution < -0.4 is 5.32 Å². The highest BCUT2D eigenvalue weighted by atomic mass is 15.2. The van der Waals surface area contributed by atoms with Gasteiger partial charge in [-0.3, -0.25) is 4.40 Å². The monoisotopic (exact) mass is 345 g/mol. The molecular weight excluding hydrogens is 318 g/mol. The van der Waals surface area contributed by atoms with Crippen LogP contribution in [0.4, 0.5) is 5.82 Å². The molecule has 3 nitrogen and oxygen atoms in total. The van der Waals surface area contributed by atoms with Crippen LogP contribution in [-0.4, -0.2) is 15.4 Å². The molecule has 1 saturated carbocycles. The topological polar surface area (TPSA) is 29.3 Å². The Labute approximate surface area is 155 Å². The molecule has 0 aliphatic heterocycles. The number of aromatic nitrogens is 2. The van der Waals surface area contributed by atoms with Crippen LogP contribution in [0.1, 0.15) is 54.6 Å². The molecule has 26 heavy (non-hydrogen) atoms. The Bertz CT molecular complexity index is 916. The molecule has 0 saturated heterocycles. The Kier molecular flexibility index (Phi) is 4.79. The summed E-state index contributed by atoms with van der Waals surface area (Å²) in [6.07, 6.45) is 10.8. The first-order valence-electron chi connectivity index (χ1n) is 9.70. The normalized spacial score (nSPS) is 15.8. The van der Waals surface area contributed by atoms with E-state index in [1.165, 1.54) is 48.9 Å². The van der Waals surface area contributed by atoms with E-state index >= 15 is 0 Å². The van der Waals surface area contributed by atoms with Crippen molar-refractivity contribution in [2.24, 2.45) is 0 Å². The zero-order valence-corrected chi connectivity index (χ0v) is 15.7. The number of anilines is 1. The van der Waals surface area contributed by atoms with Gasteiger partial charge in [0.2, 0.25) is 0 Å². The average molecular weight is 345 g/mol. The maximum absolute atomic E-state index is 4.93. The number of hydrogen-bond donors (Lipinski definition) is 1. The van der Waals surface area contributed by atoms with Crippen LogP contribution in [0.5, 0.6) is 0 Å². The molecule has 1 aliphatic carbocycles. The van der Waals surface area contributed by atoms with Crippen molar-refractivity contribution in [3.05, 3.63) is 65.0 Å². The number of fused-ring (bicyclic) bond motifs is 1. The van der Waals surface area contributed by atoms with E-state index in [4.69, 9.17) is 4.98 Å². The predicted molar refractivity (Wildman–Crippen MR) is 111 cm³/mol. The van der Waals surface area contributed by atoms with Gasteiger partial charge in [-0.2, -0.15) is 0 Å². The molecule has 0 bridgehead atoms. The van der Waals surface area contributed by atoms with Crippen molar-refractivity contribution in [3.8, 4) is 0 Å². The molecule has 0 radical (unpaired) electrons. The van der Waals surface area contributed by atoms with Gasteiger partial charge in [-0.15, -0.1) is 0 Å². The summed E-state index contributed by atoms with van der Waals surface area (Å²) in [4.78, 5) is 4.93. The Morgan fingerprint density at radius 2 is 1.77 bits per heavy atom. The van der Waals surface area contributed by atoms with Gasteiger partial charge < -0.3 is 5.32 Å². The summed E-state index contributed by atoms with van der Waals surface area (Å²) >= 11 is 0. The minimum Gasteiger partial charge on any atom is -0.367 e. The third kappa shape index (κ3) is 3.52. The molecule has 3 aromatic rings. The molecule has 2 aromatic heterocycles. The zero-order chi connectivity index (χ0) is 17.9. The van der Waals surface area contributed by atoms with E-state index in [2.05, 4.69) is 72.1 Å². The van der Waals surface area contributed by atoms with Crippen molar-refractivity contribution >= 4 is 23.6 Å². The first-order chi connectivity index (χ1) is 12.7. The smallest absolute Gasteiger partial charge is 0.139 e. The van der Waals surface area contributed by atoms with Crippen molar-refractivity contribution in [1.29, 1.82) is 0 Å². The highest BCUT2D eigenvalue weighted by Crippen LogP contribution is 2.27. The number of benzene rings is 1. The number of imidazole rings is 1. The van der Waals surface area contributed by atoms with Crippen molar-refractivity contribution in [2.75, 3.05) is 5.32 Å². The van der Waals surface area contributed by atoms with Crippen LogP contribution in [0.2, 0.25) is 0 Å². The van der Waals surface area contributed by atoms with Crippen LogP contribution in [-0.2, 0) is 0 Å². The second-order valence-electron chi connectivity index (χ2n) is 7.44. The third-order valence-electron chi connectivity index (χ3n) is 5.26. The summed E-state index contributed by atoms with van der Waals surface area (Å²) in [5.74, 6) is 1.14. The van der Waals surface area contributed by atoms with Gasteiger partial charge >= 0.3 is 0 Å².